The fourth-order valence-electron chi connectivity index (χ4n) is 1.52. The van der Waals surface area contributed by atoms with Gasteiger partial charge in [0.05, 0.1) is 0 Å². The normalized spacial score (nSPS) is 11.1. The molecule has 0 saturated heterocycles. The molecular formula is C11H25OSi. The van der Waals surface area contributed by atoms with Gasteiger partial charge >= 0.3 is 0 Å². The van der Waals surface area contributed by atoms with Crippen LogP contribution in [0.2, 0.25) is 12.1 Å². The molecule has 0 atom stereocenters. The van der Waals surface area contributed by atoms with Crippen LogP contribution in [0.4, 0.5) is 0 Å². The molecule has 0 aliphatic heterocycles. The first-order chi connectivity index (χ1) is 6.31. The fraction of sp³-hybridized carbons (Fsp3) is 1.00. The van der Waals surface area contributed by atoms with Gasteiger partial charge in [0.25, 0.3) is 0 Å². The van der Waals surface area contributed by atoms with Crippen molar-refractivity contribution in [3.8, 4) is 0 Å². The highest BCUT2D eigenvalue weighted by molar-refractivity contribution is 6.50. The van der Waals surface area contributed by atoms with Crippen LogP contribution < -0.4 is 0 Å². The van der Waals surface area contributed by atoms with Gasteiger partial charge in [-0.25, -0.2) is 0 Å². The van der Waals surface area contributed by atoms with Crippen molar-refractivity contribution in [1.29, 1.82) is 0 Å². The van der Waals surface area contributed by atoms with Crippen molar-refractivity contribution in [3.63, 3.8) is 0 Å². The molecule has 0 amide bonds. The standard InChI is InChI=1S/C11H25OSi/c1-3-5-6-7-8-9-11-13(12)10-4-2/h12H,3-11H2,1-2H3. The van der Waals surface area contributed by atoms with Crippen molar-refractivity contribution < 1.29 is 4.80 Å². The van der Waals surface area contributed by atoms with Crippen molar-refractivity contribution in [2.24, 2.45) is 0 Å². The van der Waals surface area contributed by atoms with Gasteiger partial charge in [0.15, 0.2) is 0 Å². The molecule has 0 unspecified atom stereocenters. The van der Waals surface area contributed by atoms with Gasteiger partial charge < -0.3 is 4.80 Å². The maximum absolute atomic E-state index is 9.55. The Hall–Kier alpha value is 0.177. The zero-order valence-corrected chi connectivity index (χ0v) is 10.3. The Kier molecular flexibility index (Phi) is 10.4. The minimum atomic E-state index is -0.933. The van der Waals surface area contributed by atoms with Gasteiger partial charge in [-0.1, -0.05) is 58.8 Å². The monoisotopic (exact) mass is 201 g/mol. The van der Waals surface area contributed by atoms with Gasteiger partial charge in [0.2, 0.25) is 9.04 Å². The molecule has 0 heterocycles. The Balaban J connectivity index is 2.97. The summed E-state index contributed by atoms with van der Waals surface area (Å²) in [4.78, 5) is 9.55. The summed E-state index contributed by atoms with van der Waals surface area (Å²) >= 11 is 0. The quantitative estimate of drug-likeness (QED) is 0.445. The zero-order valence-electron chi connectivity index (χ0n) is 9.31. The van der Waals surface area contributed by atoms with Crippen molar-refractivity contribution in [3.05, 3.63) is 0 Å². The van der Waals surface area contributed by atoms with Gasteiger partial charge in [0.1, 0.15) is 0 Å². The largest absolute Gasteiger partial charge is 0.431 e. The maximum Gasteiger partial charge on any atom is 0.206 e. The molecule has 13 heavy (non-hydrogen) atoms. The van der Waals surface area contributed by atoms with Gasteiger partial charge in [-0.05, 0) is 12.1 Å². The minimum Gasteiger partial charge on any atom is -0.431 e. The molecule has 0 aromatic carbocycles. The van der Waals surface area contributed by atoms with Crippen molar-refractivity contribution >= 4 is 9.04 Å². The van der Waals surface area contributed by atoms with E-state index in [1.807, 2.05) is 0 Å². The number of unbranched alkanes of at least 4 members (excludes halogenated alkanes) is 5. The molecule has 0 aliphatic carbocycles. The average molecular weight is 201 g/mol. The summed E-state index contributed by atoms with van der Waals surface area (Å²) < 4.78 is 0. The summed E-state index contributed by atoms with van der Waals surface area (Å²) in [6.45, 7) is 4.40. The summed E-state index contributed by atoms with van der Waals surface area (Å²) in [5.41, 5.74) is 0. The van der Waals surface area contributed by atoms with Crippen molar-refractivity contribution in [1.82, 2.24) is 0 Å². The number of rotatable bonds is 9. The third-order valence-corrected chi connectivity index (χ3v) is 4.37. The Morgan fingerprint density at radius 3 is 2.00 bits per heavy atom. The van der Waals surface area contributed by atoms with E-state index in [1.165, 1.54) is 38.5 Å². The van der Waals surface area contributed by atoms with Crippen LogP contribution >= 0.6 is 0 Å². The number of hydrogen-bond acceptors (Lipinski definition) is 1. The molecular weight excluding hydrogens is 176 g/mol. The lowest BCUT2D eigenvalue weighted by atomic mass is 10.1. The predicted octanol–water partition coefficient (Wildman–Crippen LogP) is 3.74. The van der Waals surface area contributed by atoms with E-state index >= 15 is 0 Å². The topological polar surface area (TPSA) is 20.2 Å². The van der Waals surface area contributed by atoms with E-state index < -0.39 is 9.04 Å². The van der Waals surface area contributed by atoms with Crippen molar-refractivity contribution in [2.45, 2.75) is 70.9 Å². The van der Waals surface area contributed by atoms with E-state index in [0.717, 1.165) is 18.5 Å². The molecule has 0 bridgehead atoms. The van der Waals surface area contributed by atoms with Crippen LogP contribution in [0.3, 0.4) is 0 Å². The molecule has 0 aromatic rings. The van der Waals surface area contributed by atoms with Crippen LogP contribution in [0.15, 0.2) is 0 Å². The predicted molar refractivity (Wildman–Crippen MR) is 61.3 cm³/mol. The Morgan fingerprint density at radius 1 is 0.769 bits per heavy atom. The molecule has 1 radical (unpaired) electrons. The molecule has 0 aliphatic rings. The van der Waals surface area contributed by atoms with Crippen molar-refractivity contribution in [2.75, 3.05) is 0 Å². The summed E-state index contributed by atoms with van der Waals surface area (Å²) in [6, 6.07) is 2.20. The van der Waals surface area contributed by atoms with Gasteiger partial charge in [-0.15, -0.1) is 0 Å². The maximum atomic E-state index is 9.55. The first-order valence-electron chi connectivity index (χ1n) is 5.84. The molecule has 0 spiro atoms. The van der Waals surface area contributed by atoms with Crippen LogP contribution in [0.25, 0.3) is 0 Å². The van der Waals surface area contributed by atoms with Gasteiger partial charge in [0, 0.05) is 0 Å². The van der Waals surface area contributed by atoms with Crippen LogP contribution in [-0.4, -0.2) is 13.8 Å². The summed E-state index contributed by atoms with van der Waals surface area (Å²) in [5.74, 6) is 0. The van der Waals surface area contributed by atoms with Crippen LogP contribution in [0.5, 0.6) is 0 Å². The van der Waals surface area contributed by atoms with E-state index in [1.54, 1.807) is 0 Å². The second kappa shape index (κ2) is 10.3. The molecule has 79 valence electrons. The van der Waals surface area contributed by atoms with E-state index in [9.17, 15) is 4.80 Å². The summed E-state index contributed by atoms with van der Waals surface area (Å²) in [5, 5.41) is 0. The first kappa shape index (κ1) is 13.2. The lowest BCUT2D eigenvalue weighted by Crippen LogP contribution is -2.09. The number of hydrogen-bond donors (Lipinski definition) is 1. The molecule has 0 saturated carbocycles. The third kappa shape index (κ3) is 10.1. The molecule has 0 fully saturated rings. The second-order valence-corrected chi connectivity index (χ2v) is 5.97. The first-order valence-corrected chi connectivity index (χ1v) is 7.71. The summed E-state index contributed by atoms with van der Waals surface area (Å²) in [7, 11) is -0.933. The molecule has 1 N–H and O–H groups in total. The smallest absolute Gasteiger partial charge is 0.206 e. The molecule has 1 nitrogen and oxygen atoms in total. The van der Waals surface area contributed by atoms with E-state index in [-0.39, 0.29) is 0 Å². The SMILES string of the molecule is CCCCCCCC[Si](O)CCC. The second-order valence-electron chi connectivity index (χ2n) is 3.83. The van der Waals surface area contributed by atoms with Crippen LogP contribution in [-0.2, 0) is 0 Å². The third-order valence-electron chi connectivity index (χ3n) is 2.36. The molecule has 2 heteroatoms. The molecule has 0 rings (SSSR count). The molecule has 0 aromatic heterocycles. The van der Waals surface area contributed by atoms with Crippen LogP contribution in [0.1, 0.15) is 58.8 Å². The Morgan fingerprint density at radius 2 is 1.38 bits per heavy atom. The zero-order chi connectivity index (χ0) is 9.94. The van der Waals surface area contributed by atoms with E-state index in [2.05, 4.69) is 13.8 Å². The lowest BCUT2D eigenvalue weighted by molar-refractivity contribution is 0.549. The highest BCUT2D eigenvalue weighted by Gasteiger charge is 2.05. The van der Waals surface area contributed by atoms with E-state index in [4.69, 9.17) is 0 Å². The minimum absolute atomic E-state index is 0.933. The highest BCUT2D eigenvalue weighted by Crippen LogP contribution is 2.10. The highest BCUT2D eigenvalue weighted by atomic mass is 28.3. The lowest BCUT2D eigenvalue weighted by Gasteiger charge is -2.05. The van der Waals surface area contributed by atoms with Crippen LogP contribution in [0, 0.1) is 0 Å². The summed E-state index contributed by atoms with van der Waals surface area (Å²) in [6.07, 6.45) is 9.21. The van der Waals surface area contributed by atoms with Gasteiger partial charge in [-0.3, -0.25) is 0 Å². The van der Waals surface area contributed by atoms with Gasteiger partial charge in [-0.2, -0.15) is 0 Å². The Bertz CT molecular complexity index is 96.1. The Labute approximate surface area is 85.3 Å². The van der Waals surface area contributed by atoms with E-state index in [0.29, 0.717) is 0 Å². The average Bonchev–Trinajstić information content (AvgIpc) is 2.11. The fourth-order valence-corrected chi connectivity index (χ4v) is 3.01.